The van der Waals surface area contributed by atoms with Gasteiger partial charge in [0, 0.05) is 38.2 Å². The topological polar surface area (TPSA) is 38.5 Å². The van der Waals surface area contributed by atoms with E-state index < -0.39 is 0 Å². The molecule has 0 bridgehead atoms. The van der Waals surface area contributed by atoms with Crippen LogP contribution in [0.5, 0.6) is 0 Å². The second kappa shape index (κ2) is 7.34. The minimum atomic E-state index is 0.502. The fraction of sp³-hybridized carbons (Fsp3) is 1.00. The van der Waals surface area contributed by atoms with Gasteiger partial charge in [-0.05, 0) is 18.3 Å². The molecule has 1 aliphatic rings. The molecule has 0 aromatic carbocycles. The summed E-state index contributed by atoms with van der Waals surface area (Å²) in [5, 5.41) is 0. The fourth-order valence-electron chi connectivity index (χ4n) is 2.78. The fourth-order valence-corrected chi connectivity index (χ4v) is 2.78. The number of rotatable bonds is 7. The van der Waals surface area contributed by atoms with E-state index in [1.165, 1.54) is 6.42 Å². The van der Waals surface area contributed by atoms with Crippen molar-refractivity contribution >= 4 is 0 Å². The molecule has 102 valence electrons. The summed E-state index contributed by atoms with van der Waals surface area (Å²) < 4.78 is 5.52. The van der Waals surface area contributed by atoms with Crippen molar-refractivity contribution < 1.29 is 4.74 Å². The van der Waals surface area contributed by atoms with Crippen molar-refractivity contribution in [3.8, 4) is 0 Å². The normalized spacial score (nSPS) is 22.9. The molecule has 1 saturated heterocycles. The number of ether oxygens (including phenoxy) is 1. The van der Waals surface area contributed by atoms with Crippen LogP contribution in [0.1, 0.15) is 34.1 Å². The van der Waals surface area contributed by atoms with Gasteiger partial charge in [0.05, 0.1) is 6.61 Å². The molecule has 0 aliphatic carbocycles. The first-order valence-electron chi connectivity index (χ1n) is 7.06. The highest BCUT2D eigenvalue weighted by atomic mass is 16.5. The molecule has 1 aliphatic heterocycles. The molecule has 1 fully saturated rings. The molecule has 17 heavy (non-hydrogen) atoms. The molecular formula is C14H30N2O. The van der Waals surface area contributed by atoms with Crippen LogP contribution in [0.3, 0.4) is 0 Å². The van der Waals surface area contributed by atoms with Crippen molar-refractivity contribution in [3.05, 3.63) is 0 Å². The van der Waals surface area contributed by atoms with E-state index in [0.29, 0.717) is 23.8 Å². The smallest absolute Gasteiger partial charge is 0.0510 e. The third kappa shape index (κ3) is 4.94. The van der Waals surface area contributed by atoms with Crippen LogP contribution >= 0.6 is 0 Å². The maximum Gasteiger partial charge on any atom is 0.0510 e. The molecular weight excluding hydrogens is 212 g/mol. The van der Waals surface area contributed by atoms with Crippen LogP contribution in [0.15, 0.2) is 0 Å². The Balaban J connectivity index is 2.62. The van der Waals surface area contributed by atoms with Gasteiger partial charge in [0.25, 0.3) is 0 Å². The lowest BCUT2D eigenvalue weighted by atomic mass is 9.95. The molecule has 0 saturated carbocycles. The van der Waals surface area contributed by atoms with E-state index in [9.17, 15) is 0 Å². The van der Waals surface area contributed by atoms with E-state index in [0.717, 1.165) is 32.8 Å². The van der Waals surface area contributed by atoms with E-state index in [1.807, 2.05) is 0 Å². The van der Waals surface area contributed by atoms with Gasteiger partial charge in [-0.2, -0.15) is 0 Å². The second-order valence-electron chi connectivity index (χ2n) is 6.17. The Kier molecular flexibility index (Phi) is 6.45. The summed E-state index contributed by atoms with van der Waals surface area (Å²) in [5.41, 5.74) is 6.01. The quantitative estimate of drug-likeness (QED) is 0.742. The summed E-state index contributed by atoms with van der Waals surface area (Å²) >= 11 is 0. The summed E-state index contributed by atoms with van der Waals surface area (Å²) in [4.78, 5) is 2.59. The van der Waals surface area contributed by atoms with Crippen molar-refractivity contribution in [2.24, 2.45) is 23.5 Å². The van der Waals surface area contributed by atoms with Gasteiger partial charge < -0.3 is 10.5 Å². The van der Waals surface area contributed by atoms with Gasteiger partial charge in [-0.3, -0.25) is 4.90 Å². The lowest BCUT2D eigenvalue weighted by Gasteiger charge is -2.36. The minimum absolute atomic E-state index is 0.502. The Bertz CT molecular complexity index is 190. The van der Waals surface area contributed by atoms with E-state index in [2.05, 4.69) is 32.6 Å². The SMILES string of the molecule is CC(C)CN(CC(C)C)C(CN)C1CCOC1. The third-order valence-electron chi connectivity index (χ3n) is 3.42. The number of hydrogen-bond donors (Lipinski definition) is 1. The monoisotopic (exact) mass is 242 g/mol. The molecule has 1 rings (SSSR count). The van der Waals surface area contributed by atoms with Gasteiger partial charge in [0.15, 0.2) is 0 Å². The van der Waals surface area contributed by atoms with Crippen molar-refractivity contribution in [1.29, 1.82) is 0 Å². The highest BCUT2D eigenvalue weighted by molar-refractivity contribution is 4.83. The highest BCUT2D eigenvalue weighted by Crippen LogP contribution is 2.22. The Morgan fingerprint density at radius 1 is 1.18 bits per heavy atom. The van der Waals surface area contributed by atoms with Gasteiger partial charge in [-0.15, -0.1) is 0 Å². The lowest BCUT2D eigenvalue weighted by molar-refractivity contribution is 0.101. The van der Waals surface area contributed by atoms with Crippen molar-refractivity contribution in [3.63, 3.8) is 0 Å². The molecule has 2 atom stereocenters. The summed E-state index contributed by atoms with van der Waals surface area (Å²) in [5.74, 6) is 2.03. The second-order valence-corrected chi connectivity index (χ2v) is 6.17. The summed E-state index contributed by atoms with van der Waals surface area (Å²) in [6, 6.07) is 0.502. The maximum absolute atomic E-state index is 6.01. The van der Waals surface area contributed by atoms with Crippen molar-refractivity contribution in [2.45, 2.75) is 40.2 Å². The third-order valence-corrected chi connectivity index (χ3v) is 3.42. The van der Waals surface area contributed by atoms with Crippen LogP contribution in [0.2, 0.25) is 0 Å². The first kappa shape index (κ1) is 14.9. The number of hydrogen-bond acceptors (Lipinski definition) is 3. The molecule has 0 radical (unpaired) electrons. The summed E-state index contributed by atoms with van der Waals surface area (Å²) in [7, 11) is 0. The molecule has 2 N–H and O–H groups in total. The molecule has 1 heterocycles. The zero-order valence-corrected chi connectivity index (χ0v) is 12.0. The molecule has 0 aromatic heterocycles. The Labute approximate surface area is 107 Å². The average Bonchev–Trinajstić information content (AvgIpc) is 2.70. The Morgan fingerprint density at radius 3 is 2.12 bits per heavy atom. The molecule has 3 nitrogen and oxygen atoms in total. The molecule has 3 heteroatoms. The van der Waals surface area contributed by atoms with Gasteiger partial charge in [-0.25, -0.2) is 0 Å². The van der Waals surface area contributed by atoms with E-state index >= 15 is 0 Å². The van der Waals surface area contributed by atoms with Crippen molar-refractivity contribution in [2.75, 3.05) is 32.8 Å². The van der Waals surface area contributed by atoms with Crippen molar-refractivity contribution in [1.82, 2.24) is 4.90 Å². The first-order chi connectivity index (χ1) is 8.04. The van der Waals surface area contributed by atoms with Crippen LogP contribution in [0.4, 0.5) is 0 Å². The average molecular weight is 242 g/mol. The van der Waals surface area contributed by atoms with Crippen LogP contribution in [0.25, 0.3) is 0 Å². The number of nitrogens with two attached hydrogens (primary N) is 1. The highest BCUT2D eigenvalue weighted by Gasteiger charge is 2.30. The van der Waals surface area contributed by atoms with Crippen LogP contribution in [-0.2, 0) is 4.74 Å². The molecule has 0 amide bonds. The van der Waals surface area contributed by atoms with Gasteiger partial charge in [0.1, 0.15) is 0 Å². The summed E-state index contributed by atoms with van der Waals surface area (Å²) in [6.07, 6.45) is 1.18. The predicted octanol–water partition coefficient (Wildman–Crippen LogP) is 1.96. The first-order valence-corrected chi connectivity index (χ1v) is 7.06. The molecule has 0 aromatic rings. The van der Waals surface area contributed by atoms with E-state index in [-0.39, 0.29) is 0 Å². The van der Waals surface area contributed by atoms with Gasteiger partial charge in [0.2, 0.25) is 0 Å². The molecule has 0 spiro atoms. The van der Waals surface area contributed by atoms with Crippen LogP contribution in [-0.4, -0.2) is 43.8 Å². The lowest BCUT2D eigenvalue weighted by Crippen LogP contribution is -2.48. The van der Waals surface area contributed by atoms with E-state index in [1.54, 1.807) is 0 Å². The zero-order chi connectivity index (χ0) is 12.8. The maximum atomic E-state index is 6.01. The zero-order valence-electron chi connectivity index (χ0n) is 12.0. The molecule has 2 unspecified atom stereocenters. The standard InChI is InChI=1S/C14H30N2O/c1-11(2)8-16(9-12(3)4)14(7-15)13-5-6-17-10-13/h11-14H,5-10,15H2,1-4H3. The largest absolute Gasteiger partial charge is 0.381 e. The minimum Gasteiger partial charge on any atom is -0.381 e. The van der Waals surface area contributed by atoms with Gasteiger partial charge in [-0.1, -0.05) is 27.7 Å². The van der Waals surface area contributed by atoms with E-state index in [4.69, 9.17) is 10.5 Å². The Hall–Kier alpha value is -0.120. The van der Waals surface area contributed by atoms with Crippen LogP contribution < -0.4 is 5.73 Å². The summed E-state index contributed by atoms with van der Waals surface area (Å²) in [6.45, 7) is 14.0. The number of nitrogens with zero attached hydrogens (tertiary/aromatic N) is 1. The van der Waals surface area contributed by atoms with Crippen LogP contribution in [0, 0.1) is 17.8 Å². The van der Waals surface area contributed by atoms with Gasteiger partial charge >= 0.3 is 0 Å². The predicted molar refractivity (Wildman–Crippen MR) is 73.0 cm³/mol. The Morgan fingerprint density at radius 2 is 1.76 bits per heavy atom.